The number of nitrogens with two attached hydrogens (primary N) is 1. The summed E-state index contributed by atoms with van der Waals surface area (Å²) in [7, 11) is 0. The lowest BCUT2D eigenvalue weighted by Gasteiger charge is -2.43. The number of fused-ring (bicyclic) bond motifs is 1. The van der Waals surface area contributed by atoms with Gasteiger partial charge in [-0.25, -0.2) is 0 Å². The molecular formula is C23H28Cl2N4O4. The Hall–Kier alpha value is -2.49. The minimum absolute atomic E-state index is 0. The lowest BCUT2D eigenvalue weighted by molar-refractivity contribution is -0.139. The highest BCUT2D eigenvalue weighted by Crippen LogP contribution is 2.34. The number of carbonyl (C=O) groups excluding carboxylic acids is 1. The summed E-state index contributed by atoms with van der Waals surface area (Å²) < 4.78 is 5.31. The normalized spacial score (nSPS) is 20.5. The summed E-state index contributed by atoms with van der Waals surface area (Å²) in [6.45, 7) is 2.93. The highest BCUT2D eigenvalue weighted by molar-refractivity contribution is 6.04. The lowest BCUT2D eigenvalue weighted by atomic mass is 9.82. The van der Waals surface area contributed by atoms with E-state index >= 15 is 0 Å². The summed E-state index contributed by atoms with van der Waals surface area (Å²) in [5, 5.41) is 15.8. The predicted molar refractivity (Wildman–Crippen MR) is 130 cm³/mol. The Balaban J connectivity index is 0.00000193. The molecule has 0 aromatic heterocycles. The molecular weight excluding hydrogens is 467 g/mol. The van der Waals surface area contributed by atoms with Gasteiger partial charge < -0.3 is 15.6 Å². The van der Waals surface area contributed by atoms with Gasteiger partial charge in [-0.3, -0.25) is 19.5 Å². The van der Waals surface area contributed by atoms with E-state index in [4.69, 9.17) is 10.5 Å². The Morgan fingerprint density at radius 2 is 1.73 bits per heavy atom. The molecule has 1 saturated heterocycles. The van der Waals surface area contributed by atoms with Gasteiger partial charge in [0.05, 0.1) is 39.1 Å². The van der Waals surface area contributed by atoms with Crippen molar-refractivity contribution in [1.82, 2.24) is 9.91 Å². The molecule has 0 spiro atoms. The molecule has 0 radical (unpaired) electrons. The van der Waals surface area contributed by atoms with E-state index in [1.807, 2.05) is 41.4 Å². The van der Waals surface area contributed by atoms with Gasteiger partial charge >= 0.3 is 5.97 Å². The first-order valence-electron chi connectivity index (χ1n) is 10.3. The van der Waals surface area contributed by atoms with Crippen LogP contribution in [0.1, 0.15) is 27.0 Å². The number of halogens is 2. The average Bonchev–Trinajstić information content (AvgIpc) is 2.80. The molecule has 0 bridgehead atoms. The van der Waals surface area contributed by atoms with Crippen molar-refractivity contribution in [2.45, 2.75) is 12.1 Å². The summed E-state index contributed by atoms with van der Waals surface area (Å²) in [5.74, 6) is -1.34. The molecule has 178 valence electrons. The Labute approximate surface area is 205 Å². The number of benzene rings is 2. The maximum atomic E-state index is 13.6. The number of morpholine rings is 1. The Kier molecular flexibility index (Phi) is 9.39. The van der Waals surface area contributed by atoms with Crippen LogP contribution in [0, 0.1) is 0 Å². The second kappa shape index (κ2) is 11.6. The quantitative estimate of drug-likeness (QED) is 0.467. The monoisotopic (exact) mass is 494 g/mol. The molecule has 0 amide bonds. The highest BCUT2D eigenvalue weighted by Gasteiger charge is 2.46. The zero-order valence-corrected chi connectivity index (χ0v) is 19.7. The van der Waals surface area contributed by atoms with Gasteiger partial charge in [0, 0.05) is 12.1 Å². The van der Waals surface area contributed by atoms with E-state index in [0.717, 1.165) is 24.2 Å². The van der Waals surface area contributed by atoms with Gasteiger partial charge in [0.2, 0.25) is 5.78 Å². The van der Waals surface area contributed by atoms with Gasteiger partial charge in [-0.15, -0.1) is 24.8 Å². The summed E-state index contributed by atoms with van der Waals surface area (Å²) in [6, 6.07) is 14.5. The minimum Gasteiger partial charge on any atom is -0.480 e. The summed E-state index contributed by atoms with van der Waals surface area (Å²) in [4.78, 5) is 26.6. The van der Waals surface area contributed by atoms with Crippen LogP contribution in [0.5, 0.6) is 0 Å². The number of aliphatic carboxylic acids is 1. The van der Waals surface area contributed by atoms with Crippen molar-refractivity contribution in [2.24, 2.45) is 10.8 Å². The van der Waals surface area contributed by atoms with Gasteiger partial charge in [-0.2, -0.15) is 5.10 Å². The van der Waals surface area contributed by atoms with Crippen LogP contribution in [0.25, 0.3) is 0 Å². The van der Waals surface area contributed by atoms with E-state index in [9.17, 15) is 14.7 Å². The molecule has 1 fully saturated rings. The molecule has 2 aliphatic rings. The van der Waals surface area contributed by atoms with Crippen LogP contribution in [-0.4, -0.2) is 72.4 Å². The highest BCUT2D eigenvalue weighted by atomic mass is 35.5. The Morgan fingerprint density at radius 1 is 1.06 bits per heavy atom. The molecule has 3 N–H and O–H groups in total. The van der Waals surface area contributed by atoms with Gasteiger partial charge in [-0.05, 0) is 23.1 Å². The first-order chi connectivity index (χ1) is 15.0. The van der Waals surface area contributed by atoms with Gasteiger partial charge in [0.1, 0.15) is 0 Å². The molecule has 2 aromatic carbocycles. The number of carboxylic acid groups (broad SMARTS) is 1. The van der Waals surface area contributed by atoms with E-state index in [0.29, 0.717) is 37.3 Å². The molecule has 2 aromatic rings. The molecule has 33 heavy (non-hydrogen) atoms. The first kappa shape index (κ1) is 26.8. The number of hydrazone groups is 1. The first-order valence-corrected chi connectivity index (χ1v) is 10.3. The van der Waals surface area contributed by atoms with Crippen LogP contribution in [-0.2, 0) is 21.6 Å². The molecule has 10 heteroatoms. The van der Waals surface area contributed by atoms with E-state index in [2.05, 4.69) is 5.10 Å². The number of hydrogen-bond donors (Lipinski definition) is 2. The fourth-order valence-electron chi connectivity index (χ4n) is 4.10. The largest absolute Gasteiger partial charge is 0.480 e. The smallest absolute Gasteiger partial charge is 0.317 e. The van der Waals surface area contributed by atoms with Crippen molar-refractivity contribution in [3.8, 4) is 0 Å². The van der Waals surface area contributed by atoms with Crippen molar-refractivity contribution < 1.29 is 19.4 Å². The number of nitrogens with zero attached hydrogens (tertiary/aromatic N) is 3. The summed E-state index contributed by atoms with van der Waals surface area (Å²) in [5.41, 5.74) is 8.09. The van der Waals surface area contributed by atoms with Crippen LogP contribution < -0.4 is 5.73 Å². The maximum Gasteiger partial charge on any atom is 0.317 e. The third-order valence-corrected chi connectivity index (χ3v) is 5.78. The second-order valence-electron chi connectivity index (χ2n) is 7.75. The molecule has 0 saturated carbocycles. The van der Waals surface area contributed by atoms with Crippen LogP contribution in [0.2, 0.25) is 0 Å². The SMILES string of the molecule is Cl.Cl.NC1(C(=O)c2ccc(C=NN3CCOCC3)cc2)c2ccccc2CCN1CC(=O)O. The molecule has 1 atom stereocenters. The van der Waals surface area contributed by atoms with Crippen molar-refractivity contribution in [3.63, 3.8) is 0 Å². The molecule has 8 nitrogen and oxygen atoms in total. The number of hydrogen-bond acceptors (Lipinski definition) is 7. The number of ketones is 1. The van der Waals surface area contributed by atoms with Crippen molar-refractivity contribution in [3.05, 3.63) is 70.8 Å². The van der Waals surface area contributed by atoms with Crippen molar-refractivity contribution in [1.29, 1.82) is 0 Å². The van der Waals surface area contributed by atoms with Crippen molar-refractivity contribution >= 4 is 42.8 Å². The Bertz CT molecular complexity index is 996. The molecule has 0 aliphatic carbocycles. The van der Waals surface area contributed by atoms with Crippen LogP contribution >= 0.6 is 24.8 Å². The minimum atomic E-state index is -1.53. The molecule has 2 aliphatic heterocycles. The van der Waals surface area contributed by atoms with Gasteiger partial charge in [0.15, 0.2) is 5.66 Å². The van der Waals surface area contributed by atoms with E-state index in [1.165, 1.54) is 0 Å². The zero-order valence-electron chi connectivity index (χ0n) is 18.1. The van der Waals surface area contributed by atoms with Crippen LogP contribution in [0.3, 0.4) is 0 Å². The third-order valence-electron chi connectivity index (χ3n) is 5.78. The number of rotatable bonds is 6. The van der Waals surface area contributed by atoms with E-state index < -0.39 is 11.6 Å². The third kappa shape index (κ3) is 5.72. The van der Waals surface area contributed by atoms with E-state index in [1.54, 1.807) is 23.2 Å². The maximum absolute atomic E-state index is 13.6. The zero-order chi connectivity index (χ0) is 21.8. The lowest BCUT2D eigenvalue weighted by Crippen LogP contribution is -2.62. The summed E-state index contributed by atoms with van der Waals surface area (Å²) in [6.07, 6.45) is 2.40. The van der Waals surface area contributed by atoms with Crippen molar-refractivity contribution in [2.75, 3.05) is 39.4 Å². The van der Waals surface area contributed by atoms with E-state index in [-0.39, 0.29) is 37.1 Å². The fraction of sp³-hybridized carbons (Fsp3) is 0.348. The van der Waals surface area contributed by atoms with Crippen LogP contribution in [0.4, 0.5) is 0 Å². The van der Waals surface area contributed by atoms with Gasteiger partial charge in [0.25, 0.3) is 0 Å². The molecule has 4 rings (SSSR count). The van der Waals surface area contributed by atoms with Crippen LogP contribution in [0.15, 0.2) is 53.6 Å². The standard InChI is InChI=1S/C23H26N4O4.2ClH/c24-23(20-4-2-1-3-18(20)9-10-26(23)16-21(28)29)22(30)19-7-5-17(6-8-19)15-25-27-11-13-31-14-12-27;;/h1-8,15H,9-14,16,24H2,(H,28,29);2*1H. The van der Waals surface area contributed by atoms with Gasteiger partial charge in [-0.1, -0.05) is 48.5 Å². The topological polar surface area (TPSA) is 108 Å². The summed E-state index contributed by atoms with van der Waals surface area (Å²) >= 11 is 0. The Morgan fingerprint density at radius 3 is 2.39 bits per heavy atom. The molecule has 2 heterocycles. The fourth-order valence-corrected chi connectivity index (χ4v) is 4.10. The second-order valence-corrected chi connectivity index (χ2v) is 7.75. The number of carbonyl (C=O) groups is 2. The average molecular weight is 495 g/mol. The number of ether oxygens (including phenoxy) is 1. The predicted octanol–water partition coefficient (Wildman–Crippen LogP) is 2.13. The number of carboxylic acids is 1. The molecule has 1 unspecified atom stereocenters. The number of Topliss-reactive ketones (excluding diaryl/α,β-unsaturated/α-hetero) is 1.